The molecule has 0 saturated heterocycles. The van der Waals surface area contributed by atoms with Gasteiger partial charge < -0.3 is 16.0 Å². The monoisotopic (exact) mass is 271 g/mol. The summed E-state index contributed by atoms with van der Waals surface area (Å²) in [5.74, 6) is 0.0515. The second kappa shape index (κ2) is 9.78. The molecule has 2 amide bonds. The maximum atomic E-state index is 12.0. The van der Waals surface area contributed by atoms with Gasteiger partial charge in [-0.05, 0) is 24.7 Å². The van der Waals surface area contributed by atoms with Crippen LogP contribution in [0.4, 0.5) is 0 Å². The maximum Gasteiger partial charge on any atom is 0.311 e. The summed E-state index contributed by atoms with van der Waals surface area (Å²) in [7, 11) is 0. The van der Waals surface area contributed by atoms with E-state index in [4.69, 9.17) is 5.73 Å². The van der Waals surface area contributed by atoms with E-state index in [9.17, 15) is 9.59 Å². The predicted octanol–water partition coefficient (Wildman–Crippen LogP) is 0.982. The van der Waals surface area contributed by atoms with Crippen molar-refractivity contribution >= 4 is 11.8 Å². The highest BCUT2D eigenvalue weighted by molar-refractivity contribution is 6.35. The van der Waals surface area contributed by atoms with E-state index in [0.717, 1.165) is 12.8 Å². The van der Waals surface area contributed by atoms with E-state index in [1.165, 1.54) is 0 Å². The fourth-order valence-electron chi connectivity index (χ4n) is 1.55. The molecule has 0 unspecified atom stereocenters. The molecule has 0 heterocycles. The molecule has 0 aromatic rings. The minimum absolute atomic E-state index is 0.340. The van der Waals surface area contributed by atoms with Crippen LogP contribution in [-0.4, -0.2) is 42.9 Å². The first kappa shape index (κ1) is 17.9. The molecule has 0 aliphatic carbocycles. The van der Waals surface area contributed by atoms with Crippen LogP contribution in [0.1, 0.15) is 40.5 Å². The highest BCUT2D eigenvalue weighted by Crippen LogP contribution is 2.07. The number of carbonyl (C=O) groups excluding carboxylic acids is 2. The Morgan fingerprint density at radius 1 is 1.05 bits per heavy atom. The van der Waals surface area contributed by atoms with E-state index in [0.29, 0.717) is 38.0 Å². The van der Waals surface area contributed by atoms with Gasteiger partial charge in [0.15, 0.2) is 0 Å². The number of carbonyl (C=O) groups is 2. The molecule has 5 nitrogen and oxygen atoms in total. The highest BCUT2D eigenvalue weighted by Gasteiger charge is 2.21. The van der Waals surface area contributed by atoms with Crippen molar-refractivity contribution in [3.05, 3.63) is 0 Å². The van der Waals surface area contributed by atoms with Crippen LogP contribution >= 0.6 is 0 Å². The van der Waals surface area contributed by atoms with Crippen LogP contribution < -0.4 is 11.1 Å². The number of hydrogen-bond acceptors (Lipinski definition) is 3. The SMILES string of the molecule is CC(C)CCN(CCC(C)C)C(=O)C(=O)NCCN. The molecule has 0 fully saturated rings. The topological polar surface area (TPSA) is 75.4 Å². The van der Waals surface area contributed by atoms with Crippen molar-refractivity contribution < 1.29 is 9.59 Å². The first-order chi connectivity index (χ1) is 8.88. The third kappa shape index (κ3) is 8.59. The smallest absolute Gasteiger partial charge is 0.311 e. The minimum atomic E-state index is -0.544. The van der Waals surface area contributed by atoms with Crippen LogP contribution in [0.2, 0.25) is 0 Å². The van der Waals surface area contributed by atoms with Crippen LogP contribution in [0.5, 0.6) is 0 Å². The number of hydrogen-bond donors (Lipinski definition) is 2. The van der Waals surface area contributed by atoms with Gasteiger partial charge >= 0.3 is 11.8 Å². The Labute approximate surface area is 116 Å². The summed E-state index contributed by atoms with van der Waals surface area (Å²) in [4.78, 5) is 25.4. The molecule has 5 heteroatoms. The lowest BCUT2D eigenvalue weighted by atomic mass is 10.1. The molecule has 0 aliphatic rings. The third-order valence-corrected chi connectivity index (χ3v) is 2.86. The average molecular weight is 271 g/mol. The average Bonchev–Trinajstić information content (AvgIpc) is 2.34. The fourth-order valence-corrected chi connectivity index (χ4v) is 1.55. The van der Waals surface area contributed by atoms with Crippen molar-refractivity contribution in [2.24, 2.45) is 17.6 Å². The van der Waals surface area contributed by atoms with E-state index < -0.39 is 11.8 Å². The largest absolute Gasteiger partial charge is 0.347 e. The summed E-state index contributed by atoms with van der Waals surface area (Å²) < 4.78 is 0. The normalized spacial score (nSPS) is 10.9. The van der Waals surface area contributed by atoms with Gasteiger partial charge in [-0.3, -0.25) is 9.59 Å². The van der Waals surface area contributed by atoms with Gasteiger partial charge in [-0.25, -0.2) is 0 Å². The Morgan fingerprint density at radius 2 is 1.53 bits per heavy atom. The third-order valence-electron chi connectivity index (χ3n) is 2.86. The lowest BCUT2D eigenvalue weighted by Crippen LogP contribution is -2.45. The zero-order chi connectivity index (χ0) is 14.8. The minimum Gasteiger partial charge on any atom is -0.347 e. The van der Waals surface area contributed by atoms with Crippen LogP contribution in [0, 0.1) is 11.8 Å². The highest BCUT2D eigenvalue weighted by atomic mass is 16.2. The molecule has 0 radical (unpaired) electrons. The number of nitrogens with zero attached hydrogens (tertiary/aromatic N) is 1. The van der Waals surface area contributed by atoms with Gasteiger partial charge in [-0.2, -0.15) is 0 Å². The number of amides is 2. The Kier molecular flexibility index (Phi) is 9.21. The molecule has 0 aliphatic heterocycles. The molecular formula is C14H29N3O2. The molecule has 0 atom stereocenters. The van der Waals surface area contributed by atoms with E-state index in [2.05, 4.69) is 33.0 Å². The number of nitrogens with two attached hydrogens (primary N) is 1. The Balaban J connectivity index is 4.43. The Hall–Kier alpha value is -1.10. The predicted molar refractivity (Wildman–Crippen MR) is 77.6 cm³/mol. The Morgan fingerprint density at radius 3 is 1.89 bits per heavy atom. The number of nitrogens with one attached hydrogen (secondary N) is 1. The summed E-state index contributed by atoms with van der Waals surface area (Å²) in [6, 6.07) is 0. The molecule has 0 spiro atoms. The van der Waals surface area contributed by atoms with Gasteiger partial charge in [0.1, 0.15) is 0 Å². The summed E-state index contributed by atoms with van der Waals surface area (Å²) in [6.07, 6.45) is 1.82. The van der Waals surface area contributed by atoms with Crippen molar-refractivity contribution in [3.63, 3.8) is 0 Å². The van der Waals surface area contributed by atoms with Crippen LogP contribution in [-0.2, 0) is 9.59 Å². The zero-order valence-corrected chi connectivity index (χ0v) is 12.7. The van der Waals surface area contributed by atoms with Gasteiger partial charge in [0.25, 0.3) is 0 Å². The quantitative estimate of drug-likeness (QED) is 0.646. The van der Waals surface area contributed by atoms with E-state index in [1.54, 1.807) is 4.90 Å². The van der Waals surface area contributed by atoms with Crippen molar-refractivity contribution in [1.29, 1.82) is 0 Å². The molecule has 0 saturated carbocycles. The number of rotatable bonds is 8. The van der Waals surface area contributed by atoms with Gasteiger partial charge in [0, 0.05) is 26.2 Å². The summed E-state index contributed by atoms with van der Waals surface area (Å²) in [5.41, 5.74) is 5.31. The van der Waals surface area contributed by atoms with Gasteiger partial charge in [0.05, 0.1) is 0 Å². The van der Waals surface area contributed by atoms with Gasteiger partial charge in [-0.1, -0.05) is 27.7 Å². The van der Waals surface area contributed by atoms with Crippen molar-refractivity contribution in [3.8, 4) is 0 Å². The van der Waals surface area contributed by atoms with Crippen molar-refractivity contribution in [2.45, 2.75) is 40.5 Å². The lowest BCUT2D eigenvalue weighted by Gasteiger charge is -2.23. The molecule has 0 rings (SSSR count). The second-order valence-corrected chi connectivity index (χ2v) is 5.70. The summed E-state index contributed by atoms with van der Waals surface area (Å²) >= 11 is 0. The first-order valence-corrected chi connectivity index (χ1v) is 7.15. The van der Waals surface area contributed by atoms with E-state index in [-0.39, 0.29) is 0 Å². The van der Waals surface area contributed by atoms with E-state index >= 15 is 0 Å². The maximum absolute atomic E-state index is 12.0. The van der Waals surface area contributed by atoms with Gasteiger partial charge in [-0.15, -0.1) is 0 Å². The molecule has 3 N–H and O–H groups in total. The molecule has 19 heavy (non-hydrogen) atoms. The van der Waals surface area contributed by atoms with Gasteiger partial charge in [0.2, 0.25) is 0 Å². The lowest BCUT2D eigenvalue weighted by molar-refractivity contribution is -0.146. The van der Waals surface area contributed by atoms with Crippen LogP contribution in [0.15, 0.2) is 0 Å². The zero-order valence-electron chi connectivity index (χ0n) is 12.7. The second-order valence-electron chi connectivity index (χ2n) is 5.70. The molecule has 0 aromatic heterocycles. The molecule has 0 aromatic carbocycles. The first-order valence-electron chi connectivity index (χ1n) is 7.15. The fraction of sp³-hybridized carbons (Fsp3) is 0.857. The molecule has 112 valence electrons. The van der Waals surface area contributed by atoms with Crippen molar-refractivity contribution in [1.82, 2.24) is 10.2 Å². The van der Waals surface area contributed by atoms with Crippen molar-refractivity contribution in [2.75, 3.05) is 26.2 Å². The van der Waals surface area contributed by atoms with Crippen LogP contribution in [0.3, 0.4) is 0 Å². The van der Waals surface area contributed by atoms with Crippen LogP contribution in [0.25, 0.3) is 0 Å². The Bertz CT molecular complexity index is 266. The standard InChI is InChI=1S/C14H29N3O2/c1-11(2)5-9-17(10-6-12(3)4)14(19)13(18)16-8-7-15/h11-12H,5-10,15H2,1-4H3,(H,16,18). The molecular weight excluding hydrogens is 242 g/mol. The summed E-state index contributed by atoms with van der Waals surface area (Å²) in [6.45, 7) is 10.4. The van der Waals surface area contributed by atoms with E-state index in [1.807, 2.05) is 0 Å². The summed E-state index contributed by atoms with van der Waals surface area (Å²) in [5, 5.41) is 2.53. The molecule has 0 bridgehead atoms.